The molecule has 1 nitrogen and oxygen atoms in total. The molecular weight excluding hydrogens is 374 g/mol. The highest BCUT2D eigenvalue weighted by molar-refractivity contribution is 5.42. The van der Waals surface area contributed by atoms with E-state index in [1.54, 1.807) is 11.1 Å². The Hall–Kier alpha value is -1.08. The van der Waals surface area contributed by atoms with Crippen LogP contribution in [0.4, 0.5) is 0 Å². The van der Waals surface area contributed by atoms with Gasteiger partial charge < -0.3 is 5.32 Å². The van der Waals surface area contributed by atoms with Crippen molar-refractivity contribution in [2.75, 3.05) is 13.1 Å². The summed E-state index contributed by atoms with van der Waals surface area (Å²) in [6.45, 7) is 19.0. The van der Waals surface area contributed by atoms with Crippen molar-refractivity contribution >= 4 is 0 Å². The zero-order valence-corrected chi connectivity index (χ0v) is 21.6. The molecule has 31 heavy (non-hydrogen) atoms. The maximum absolute atomic E-state index is 3.91. The molecule has 1 heteroatoms. The van der Waals surface area contributed by atoms with Crippen molar-refractivity contribution in [3.8, 4) is 0 Å². The van der Waals surface area contributed by atoms with Gasteiger partial charge in [0.25, 0.3) is 0 Å². The van der Waals surface area contributed by atoms with Crippen molar-refractivity contribution in [2.45, 2.75) is 111 Å². The quantitative estimate of drug-likeness (QED) is 0.312. The topological polar surface area (TPSA) is 12.0 Å². The van der Waals surface area contributed by atoms with Gasteiger partial charge >= 0.3 is 0 Å². The lowest BCUT2D eigenvalue weighted by Crippen LogP contribution is -2.52. The molecule has 0 bridgehead atoms. The highest BCUT2D eigenvalue weighted by atomic mass is 14.9. The number of aryl methyl sites for hydroxylation is 1. The fourth-order valence-corrected chi connectivity index (χ4v) is 6.74. The molecule has 2 aliphatic rings. The zero-order chi connectivity index (χ0) is 22.6. The predicted octanol–water partition coefficient (Wildman–Crippen LogP) is 8.18. The molecule has 1 aromatic carbocycles. The molecule has 1 fully saturated rings. The van der Waals surface area contributed by atoms with Gasteiger partial charge in [-0.1, -0.05) is 70.9 Å². The number of rotatable bonds is 9. The second-order valence-electron chi connectivity index (χ2n) is 12.0. The van der Waals surface area contributed by atoms with Crippen LogP contribution in [0.25, 0.3) is 0 Å². The maximum Gasteiger partial charge on any atom is 0.000814 e. The van der Waals surface area contributed by atoms with Crippen LogP contribution in [0.15, 0.2) is 29.8 Å². The normalized spacial score (nSPS) is 28.7. The van der Waals surface area contributed by atoms with E-state index < -0.39 is 0 Å². The van der Waals surface area contributed by atoms with E-state index in [1.165, 1.54) is 75.6 Å². The summed E-state index contributed by atoms with van der Waals surface area (Å²) >= 11 is 0. The van der Waals surface area contributed by atoms with Crippen LogP contribution in [0, 0.1) is 17.3 Å². The molecule has 0 spiro atoms. The van der Waals surface area contributed by atoms with Gasteiger partial charge in [-0.25, -0.2) is 0 Å². The first-order valence-electron chi connectivity index (χ1n) is 13.1. The minimum absolute atomic E-state index is 0.357. The zero-order valence-electron chi connectivity index (χ0n) is 21.6. The third-order valence-corrected chi connectivity index (χ3v) is 8.72. The number of hydrogen-bond acceptors (Lipinski definition) is 1. The SMILES string of the molecule is CC(C)=CCC[C@H](C)CCNC[C@]1(C)CCC[C@]2(C)c3ccc(C(C)C)cc3CC[C@H]12. The molecule has 0 heterocycles. The van der Waals surface area contributed by atoms with Crippen LogP contribution in [-0.2, 0) is 11.8 Å². The minimum Gasteiger partial charge on any atom is -0.316 e. The molecule has 2 aliphatic carbocycles. The standard InChI is InChI=1S/C30H49N/c1-22(2)10-8-11-24(5)16-19-31-21-29(6)17-9-18-30(7)27-14-12-25(23(3)4)20-26(27)13-15-28(29)30/h10,12,14,20,23-24,28,31H,8-9,11,13,15-19,21H2,1-7H3/t24-,28+,29-,30+/m0/s1. The molecule has 1 aromatic rings. The van der Waals surface area contributed by atoms with Gasteiger partial charge in [0.2, 0.25) is 0 Å². The van der Waals surface area contributed by atoms with Gasteiger partial charge in [-0.05, 0) is 111 Å². The minimum atomic E-state index is 0.357. The van der Waals surface area contributed by atoms with Crippen molar-refractivity contribution in [1.82, 2.24) is 5.32 Å². The largest absolute Gasteiger partial charge is 0.316 e. The van der Waals surface area contributed by atoms with Crippen LogP contribution in [0.2, 0.25) is 0 Å². The smallest absolute Gasteiger partial charge is 0.000814 e. The first-order valence-corrected chi connectivity index (χ1v) is 13.1. The number of allylic oxidation sites excluding steroid dienone is 2. The van der Waals surface area contributed by atoms with Crippen LogP contribution in [0.5, 0.6) is 0 Å². The average molecular weight is 424 g/mol. The third kappa shape index (κ3) is 5.65. The van der Waals surface area contributed by atoms with Crippen molar-refractivity contribution < 1.29 is 0 Å². The highest BCUT2D eigenvalue weighted by Gasteiger charge is 2.51. The van der Waals surface area contributed by atoms with Crippen LogP contribution >= 0.6 is 0 Å². The van der Waals surface area contributed by atoms with Gasteiger partial charge in [0.05, 0.1) is 0 Å². The second kappa shape index (κ2) is 10.2. The first kappa shape index (κ1) is 24.6. The summed E-state index contributed by atoms with van der Waals surface area (Å²) in [5, 5.41) is 3.91. The fraction of sp³-hybridized carbons (Fsp3) is 0.733. The van der Waals surface area contributed by atoms with Gasteiger partial charge in [-0.3, -0.25) is 0 Å². The van der Waals surface area contributed by atoms with Crippen LogP contribution in [-0.4, -0.2) is 13.1 Å². The van der Waals surface area contributed by atoms with Gasteiger partial charge in [0.1, 0.15) is 0 Å². The number of nitrogens with one attached hydrogen (secondary N) is 1. The summed E-state index contributed by atoms with van der Waals surface area (Å²) in [6.07, 6.45) is 13.0. The summed E-state index contributed by atoms with van der Waals surface area (Å²) < 4.78 is 0. The summed E-state index contributed by atoms with van der Waals surface area (Å²) in [5.74, 6) is 2.24. The van der Waals surface area contributed by atoms with E-state index in [0.29, 0.717) is 16.7 Å². The van der Waals surface area contributed by atoms with Gasteiger partial charge in [0.15, 0.2) is 0 Å². The van der Waals surface area contributed by atoms with E-state index in [4.69, 9.17) is 0 Å². The van der Waals surface area contributed by atoms with Gasteiger partial charge in [0, 0.05) is 6.54 Å². The molecule has 174 valence electrons. The lowest BCUT2D eigenvalue weighted by Gasteiger charge is -2.56. The van der Waals surface area contributed by atoms with E-state index in [1.807, 2.05) is 0 Å². The molecule has 3 rings (SSSR count). The number of fused-ring (bicyclic) bond motifs is 3. The Labute approximate surface area is 193 Å². The highest BCUT2D eigenvalue weighted by Crippen LogP contribution is 2.57. The summed E-state index contributed by atoms with van der Waals surface area (Å²) in [7, 11) is 0. The molecule has 0 aliphatic heterocycles. The maximum atomic E-state index is 3.91. The molecule has 0 radical (unpaired) electrons. The molecule has 0 unspecified atom stereocenters. The van der Waals surface area contributed by atoms with Crippen molar-refractivity contribution in [3.05, 3.63) is 46.5 Å². The Bertz CT molecular complexity index is 756. The molecule has 1 N–H and O–H groups in total. The molecule has 1 saturated carbocycles. The van der Waals surface area contributed by atoms with E-state index >= 15 is 0 Å². The van der Waals surface area contributed by atoms with Crippen LogP contribution < -0.4 is 5.32 Å². The van der Waals surface area contributed by atoms with Crippen molar-refractivity contribution in [2.24, 2.45) is 17.3 Å². The summed E-state index contributed by atoms with van der Waals surface area (Å²) in [5.41, 5.74) is 7.06. The lowest BCUT2D eigenvalue weighted by atomic mass is 9.49. The first-order chi connectivity index (χ1) is 14.7. The molecular formula is C30H49N. The summed E-state index contributed by atoms with van der Waals surface area (Å²) in [4.78, 5) is 0. The molecule has 0 aromatic heterocycles. The van der Waals surface area contributed by atoms with Crippen molar-refractivity contribution in [3.63, 3.8) is 0 Å². The Morgan fingerprint density at radius 3 is 2.61 bits per heavy atom. The van der Waals surface area contributed by atoms with Gasteiger partial charge in [-0.15, -0.1) is 0 Å². The fourth-order valence-electron chi connectivity index (χ4n) is 6.74. The van der Waals surface area contributed by atoms with E-state index in [2.05, 4.69) is 78.1 Å². The Kier molecular flexibility index (Phi) is 8.11. The van der Waals surface area contributed by atoms with E-state index in [-0.39, 0.29) is 0 Å². The summed E-state index contributed by atoms with van der Waals surface area (Å²) in [6, 6.07) is 7.45. The monoisotopic (exact) mass is 423 g/mol. The second-order valence-corrected chi connectivity index (χ2v) is 12.0. The Morgan fingerprint density at radius 2 is 1.90 bits per heavy atom. The number of hydrogen-bond donors (Lipinski definition) is 1. The average Bonchev–Trinajstić information content (AvgIpc) is 2.70. The van der Waals surface area contributed by atoms with Crippen molar-refractivity contribution in [1.29, 1.82) is 0 Å². The van der Waals surface area contributed by atoms with E-state index in [0.717, 1.165) is 11.8 Å². The Morgan fingerprint density at radius 1 is 1.13 bits per heavy atom. The molecule has 0 amide bonds. The third-order valence-electron chi connectivity index (χ3n) is 8.72. The van der Waals surface area contributed by atoms with Gasteiger partial charge in [-0.2, -0.15) is 0 Å². The molecule has 4 atom stereocenters. The molecule has 0 saturated heterocycles. The van der Waals surface area contributed by atoms with Crippen LogP contribution in [0.1, 0.15) is 116 Å². The predicted molar refractivity (Wildman–Crippen MR) is 137 cm³/mol. The van der Waals surface area contributed by atoms with Crippen LogP contribution in [0.3, 0.4) is 0 Å². The van der Waals surface area contributed by atoms with E-state index in [9.17, 15) is 0 Å². The Balaban J connectivity index is 1.61. The lowest BCUT2D eigenvalue weighted by molar-refractivity contribution is 0.0258. The number of benzene rings is 1.